The fourth-order valence-electron chi connectivity index (χ4n) is 10.9. The van der Waals surface area contributed by atoms with Gasteiger partial charge in [-0.25, -0.2) is 17.6 Å². The lowest BCUT2D eigenvalue weighted by atomic mass is 9.73. The number of aromatic nitrogens is 1. The molecule has 3 atom stereocenters. The van der Waals surface area contributed by atoms with Gasteiger partial charge < -0.3 is 25.0 Å². The molecule has 1 spiro atoms. The number of nitrogens with one attached hydrogen (secondary N) is 2. The molecule has 14 heteroatoms. The van der Waals surface area contributed by atoms with E-state index in [1.54, 1.807) is 4.90 Å². The van der Waals surface area contributed by atoms with Crippen LogP contribution < -0.4 is 10.2 Å². The maximum absolute atomic E-state index is 16.3. The summed E-state index contributed by atoms with van der Waals surface area (Å²) in [6.45, 7) is 9.19. The van der Waals surface area contributed by atoms with Gasteiger partial charge in [-0.1, -0.05) is 30.8 Å². The molecular formula is C45H47F4N7O3. The molecule has 7 heterocycles. The number of anilines is 1. The molecule has 10 rings (SSSR count). The van der Waals surface area contributed by atoms with Crippen molar-refractivity contribution in [2.75, 3.05) is 44.2 Å². The molecule has 6 aliphatic heterocycles. The number of para-hydroxylation sites is 1. The van der Waals surface area contributed by atoms with Gasteiger partial charge in [0.15, 0.2) is 0 Å². The minimum Gasteiger partial charge on any atom is -0.370 e. The maximum Gasteiger partial charge on any atom is 0.255 e. The van der Waals surface area contributed by atoms with Gasteiger partial charge >= 0.3 is 0 Å². The van der Waals surface area contributed by atoms with Gasteiger partial charge in [-0.15, -0.1) is 0 Å². The molecule has 2 N–H and O–H groups in total. The lowest BCUT2D eigenvalue weighted by Crippen LogP contribution is -2.63. The van der Waals surface area contributed by atoms with Crippen LogP contribution in [-0.2, 0) is 35.6 Å². The van der Waals surface area contributed by atoms with Gasteiger partial charge in [-0.3, -0.25) is 24.2 Å². The van der Waals surface area contributed by atoms with Gasteiger partial charge in [-0.05, 0) is 92.1 Å². The second-order valence-corrected chi connectivity index (χ2v) is 17.7. The molecular weight excluding hydrogens is 763 g/mol. The van der Waals surface area contributed by atoms with Crippen LogP contribution in [0.3, 0.4) is 0 Å². The monoisotopic (exact) mass is 809 g/mol. The van der Waals surface area contributed by atoms with E-state index in [9.17, 15) is 23.2 Å². The first-order valence-corrected chi connectivity index (χ1v) is 20.7. The molecule has 1 unspecified atom stereocenters. The second-order valence-electron chi connectivity index (χ2n) is 17.7. The number of nitrogens with zero attached hydrogens (tertiary/aromatic N) is 5. The topological polar surface area (TPSA) is 95.2 Å². The zero-order valence-electron chi connectivity index (χ0n) is 33.0. The summed E-state index contributed by atoms with van der Waals surface area (Å²) in [4.78, 5) is 52.2. The third kappa shape index (κ3) is 6.50. The van der Waals surface area contributed by atoms with Crippen LogP contribution in [0.4, 0.5) is 23.2 Å². The smallest absolute Gasteiger partial charge is 0.255 e. The third-order valence-electron chi connectivity index (χ3n) is 13.8. The normalized spacial score (nSPS) is 24.2. The van der Waals surface area contributed by atoms with Crippen LogP contribution in [0.5, 0.6) is 0 Å². The fraction of sp³-hybridized carbons (Fsp3) is 0.444. The Morgan fingerprint density at radius 3 is 2.47 bits per heavy atom. The number of hydrogen-bond donors (Lipinski definition) is 2. The molecule has 0 bridgehead atoms. The van der Waals surface area contributed by atoms with Crippen molar-refractivity contribution in [3.05, 3.63) is 112 Å². The Balaban J connectivity index is 0.794. The Morgan fingerprint density at radius 1 is 0.983 bits per heavy atom. The van der Waals surface area contributed by atoms with Gasteiger partial charge in [0.25, 0.3) is 12.3 Å². The first kappa shape index (κ1) is 38.0. The van der Waals surface area contributed by atoms with Crippen LogP contribution in [0.2, 0.25) is 0 Å². The summed E-state index contributed by atoms with van der Waals surface area (Å²) in [7, 11) is 0. The lowest BCUT2D eigenvalue weighted by molar-refractivity contribution is -0.134. The van der Waals surface area contributed by atoms with E-state index in [1.807, 2.05) is 53.1 Å². The first-order chi connectivity index (χ1) is 28.3. The molecule has 1 aromatic heterocycles. The SMILES string of the molecule is C=C1CCC(N2Cc3cc4c(cc3C2=O)CN(C(=O)CN2CCCC3(C2)CN(c2cc(F)c([C@@H]5c6[nH]c7ccccc7c6C[C@@H](C)N5CC(F)F)c(F)c2)C3)C4)C(=O)N1. The molecule has 3 aromatic carbocycles. The van der Waals surface area contributed by atoms with E-state index in [0.29, 0.717) is 81.2 Å². The molecule has 59 heavy (non-hydrogen) atoms. The highest BCUT2D eigenvalue weighted by molar-refractivity contribution is 6.02. The van der Waals surface area contributed by atoms with Gasteiger partial charge in [0.1, 0.15) is 17.7 Å². The molecule has 3 fully saturated rings. The number of halogens is 4. The number of alkyl halides is 2. The molecule has 3 amide bonds. The Kier molecular flexibility index (Phi) is 9.16. The Morgan fingerprint density at radius 2 is 1.73 bits per heavy atom. The van der Waals surface area contributed by atoms with Crippen molar-refractivity contribution >= 4 is 34.3 Å². The summed E-state index contributed by atoms with van der Waals surface area (Å²) >= 11 is 0. The first-order valence-electron chi connectivity index (χ1n) is 20.7. The number of carbonyl (C=O) groups is 3. The van der Waals surface area contributed by atoms with Crippen molar-refractivity contribution in [1.82, 2.24) is 29.9 Å². The number of amides is 3. The number of rotatable bonds is 7. The van der Waals surface area contributed by atoms with E-state index in [0.717, 1.165) is 52.5 Å². The number of piperidine rings is 2. The molecule has 3 saturated heterocycles. The molecule has 0 radical (unpaired) electrons. The molecule has 0 aliphatic carbocycles. The zero-order valence-corrected chi connectivity index (χ0v) is 33.0. The Hall–Kier alpha value is -5.21. The highest BCUT2D eigenvalue weighted by atomic mass is 19.3. The zero-order chi connectivity index (χ0) is 40.9. The predicted octanol–water partition coefficient (Wildman–Crippen LogP) is 6.24. The molecule has 308 valence electrons. The minimum atomic E-state index is -2.68. The lowest BCUT2D eigenvalue weighted by Gasteiger charge is -2.55. The van der Waals surface area contributed by atoms with E-state index in [1.165, 1.54) is 17.0 Å². The number of carbonyl (C=O) groups excluding carboxylic acids is 3. The van der Waals surface area contributed by atoms with Crippen molar-refractivity contribution in [3.63, 3.8) is 0 Å². The summed E-state index contributed by atoms with van der Waals surface area (Å²) < 4.78 is 60.5. The van der Waals surface area contributed by atoms with Crippen molar-refractivity contribution in [2.24, 2.45) is 5.41 Å². The molecule has 6 aliphatic rings. The van der Waals surface area contributed by atoms with E-state index in [-0.39, 0.29) is 41.3 Å². The van der Waals surface area contributed by atoms with Gasteiger partial charge in [0.05, 0.1) is 19.1 Å². The van der Waals surface area contributed by atoms with Crippen molar-refractivity contribution in [1.29, 1.82) is 0 Å². The number of benzene rings is 3. The largest absolute Gasteiger partial charge is 0.370 e. The van der Waals surface area contributed by atoms with Crippen LogP contribution in [0.1, 0.15) is 82.5 Å². The van der Waals surface area contributed by atoms with Crippen LogP contribution in [0.15, 0.2) is 60.8 Å². The Bertz CT molecular complexity index is 2400. The van der Waals surface area contributed by atoms with Gasteiger partial charge in [0, 0.05) is 89.8 Å². The van der Waals surface area contributed by atoms with Gasteiger partial charge in [-0.2, -0.15) is 0 Å². The average Bonchev–Trinajstić information content (AvgIpc) is 3.86. The quantitative estimate of drug-likeness (QED) is 0.215. The standard InChI is InChI=1S/C45H47F4N7O3/c1-25-8-9-37(43(58)50-25)56-19-29-13-27-17-53(18-28(27)14-32(29)44(56)59)39(57)21-52-11-5-10-45(22-52)23-54(24-45)30-15-34(46)40(35(47)16-30)42-41-33(12-26(2)55(42)20-38(48)49)31-6-3-4-7-36(31)51-41/h3-4,6-7,13-16,26,37-38,42,51H,1,5,8-12,17-24H2,2H3,(H,50,58)/t26-,37?,42-/m1/s1. The number of aromatic amines is 1. The maximum atomic E-state index is 16.3. The molecule has 10 nitrogen and oxygen atoms in total. The Labute approximate surface area is 339 Å². The second kappa shape index (κ2) is 14.2. The van der Waals surface area contributed by atoms with E-state index >= 15 is 8.78 Å². The van der Waals surface area contributed by atoms with Crippen LogP contribution in [-0.4, -0.2) is 100 Å². The third-order valence-corrected chi connectivity index (χ3v) is 13.8. The number of hydrogen-bond acceptors (Lipinski definition) is 6. The minimum absolute atomic E-state index is 0.0115. The fourth-order valence-corrected chi connectivity index (χ4v) is 10.9. The number of allylic oxidation sites excluding steroid dienone is 1. The van der Waals surface area contributed by atoms with Crippen molar-refractivity contribution < 1.29 is 31.9 Å². The molecule has 4 aromatic rings. The molecule has 0 saturated carbocycles. The van der Waals surface area contributed by atoms with E-state index in [2.05, 4.69) is 21.8 Å². The van der Waals surface area contributed by atoms with E-state index in [4.69, 9.17) is 0 Å². The van der Waals surface area contributed by atoms with Crippen molar-refractivity contribution in [3.8, 4) is 0 Å². The van der Waals surface area contributed by atoms with Crippen LogP contribution in [0, 0.1) is 17.0 Å². The number of H-pyrrole nitrogens is 1. The van der Waals surface area contributed by atoms with Gasteiger partial charge in [0.2, 0.25) is 11.8 Å². The number of fused-ring (bicyclic) bond motifs is 5. The van der Waals surface area contributed by atoms with Crippen LogP contribution >= 0.6 is 0 Å². The van der Waals surface area contributed by atoms with E-state index < -0.39 is 36.7 Å². The highest BCUT2D eigenvalue weighted by Gasteiger charge is 2.47. The summed E-state index contributed by atoms with van der Waals surface area (Å²) in [5.74, 6) is -1.87. The highest BCUT2D eigenvalue weighted by Crippen LogP contribution is 2.46. The summed E-state index contributed by atoms with van der Waals surface area (Å²) in [5, 5.41) is 3.71. The summed E-state index contributed by atoms with van der Waals surface area (Å²) in [5.41, 5.74) is 6.43. The summed E-state index contributed by atoms with van der Waals surface area (Å²) in [6, 6.07) is 12.3. The summed E-state index contributed by atoms with van der Waals surface area (Å²) in [6.07, 6.45) is 0.826. The van der Waals surface area contributed by atoms with Crippen LogP contribution in [0.25, 0.3) is 10.9 Å². The number of likely N-dealkylation sites (tertiary alicyclic amines) is 1. The average molecular weight is 810 g/mol. The van der Waals surface area contributed by atoms with Crippen molar-refractivity contribution in [2.45, 2.75) is 83.2 Å². The predicted molar refractivity (Wildman–Crippen MR) is 214 cm³/mol.